The maximum atomic E-state index is 11.8. The lowest BCUT2D eigenvalue weighted by Crippen LogP contribution is -2.29. The van der Waals surface area contributed by atoms with Crippen molar-refractivity contribution in [3.05, 3.63) is 120 Å². The summed E-state index contributed by atoms with van der Waals surface area (Å²) in [5, 5.41) is 22.2. The third-order valence-electron chi connectivity index (χ3n) is 11.9. The highest BCUT2D eigenvalue weighted by Gasteiger charge is 2.22. The Bertz CT molecular complexity index is 2770. The summed E-state index contributed by atoms with van der Waals surface area (Å²) in [5.41, 5.74) is 5.50. The van der Waals surface area contributed by atoms with Crippen LogP contribution in [0.1, 0.15) is 116 Å². The van der Waals surface area contributed by atoms with Crippen molar-refractivity contribution in [2.75, 3.05) is 31.1 Å². The molecule has 0 saturated heterocycles. The fourth-order valence-electron chi connectivity index (χ4n) is 8.35. The SMILES string of the molecule is CCCCCCCCCCCCc1ccc(Oc2cccc(S(=O)(=O)[O-])c2)cc1S(=O)(=O)[O-].CCN(CC)c1ccc2c(-c3ccccc3C(O)O)c3ccc(=[N+](CC)CC)cc-3oc2c1. The van der Waals surface area contributed by atoms with E-state index in [-0.39, 0.29) is 16.4 Å². The van der Waals surface area contributed by atoms with E-state index in [1.807, 2.05) is 18.2 Å². The van der Waals surface area contributed by atoms with Gasteiger partial charge in [-0.2, -0.15) is 0 Å². The Morgan fingerprint density at radius 1 is 0.652 bits per heavy atom. The number of nitrogens with zero attached hydrogens (tertiary/aromatic N) is 2. The number of hydrogen-bond acceptors (Lipinski definition) is 11. The number of benzene rings is 5. The molecule has 356 valence electrons. The van der Waals surface area contributed by atoms with Crippen LogP contribution in [-0.4, -0.2) is 62.3 Å². The second-order valence-electron chi connectivity index (χ2n) is 16.3. The number of unbranched alkanes of at least 4 members (excludes halogenated alkanes) is 9. The maximum Gasteiger partial charge on any atom is 0.203 e. The van der Waals surface area contributed by atoms with Crippen molar-refractivity contribution < 1.29 is 45.3 Å². The summed E-state index contributed by atoms with van der Waals surface area (Å²) in [5.74, 6) is 0.890. The van der Waals surface area contributed by atoms with Gasteiger partial charge in [0.2, 0.25) is 5.36 Å². The quantitative estimate of drug-likeness (QED) is 0.0217. The summed E-state index contributed by atoms with van der Waals surface area (Å²) in [6.07, 6.45) is 10.5. The molecule has 66 heavy (non-hydrogen) atoms. The fourth-order valence-corrected chi connectivity index (χ4v) is 9.61. The molecule has 4 aromatic rings. The number of fused-ring (bicyclic) bond motifs is 2. The predicted molar refractivity (Wildman–Crippen MR) is 260 cm³/mol. The highest BCUT2D eigenvalue weighted by atomic mass is 32.2. The minimum Gasteiger partial charge on any atom is -0.744 e. The molecule has 0 amide bonds. The van der Waals surface area contributed by atoms with Crippen LogP contribution in [0.15, 0.2) is 117 Å². The van der Waals surface area contributed by atoms with Crippen LogP contribution in [-0.2, 0) is 26.7 Å². The van der Waals surface area contributed by atoms with E-state index >= 15 is 0 Å². The number of aliphatic hydroxyl groups is 2. The van der Waals surface area contributed by atoms with Crippen molar-refractivity contribution in [3.8, 4) is 33.9 Å². The molecule has 6 rings (SSSR count). The maximum absolute atomic E-state index is 11.8. The molecule has 0 atom stereocenters. The van der Waals surface area contributed by atoms with Crippen LogP contribution >= 0.6 is 0 Å². The molecule has 12 nitrogen and oxygen atoms in total. The zero-order chi connectivity index (χ0) is 47.9. The Balaban J connectivity index is 0.000000247. The molecule has 4 aromatic carbocycles. The van der Waals surface area contributed by atoms with Crippen molar-refractivity contribution >= 4 is 36.9 Å². The average Bonchev–Trinajstić information content (AvgIpc) is 3.29. The smallest absolute Gasteiger partial charge is 0.203 e. The third-order valence-corrected chi connectivity index (χ3v) is 13.6. The summed E-state index contributed by atoms with van der Waals surface area (Å²) >= 11 is 0. The van der Waals surface area contributed by atoms with Gasteiger partial charge < -0.3 is 33.4 Å². The molecule has 1 aliphatic carbocycles. The minimum atomic E-state index is -4.72. The van der Waals surface area contributed by atoms with E-state index in [9.17, 15) is 36.2 Å². The van der Waals surface area contributed by atoms with Crippen LogP contribution < -0.4 is 19.6 Å². The molecule has 0 bridgehead atoms. The van der Waals surface area contributed by atoms with Gasteiger partial charge in [-0.1, -0.05) is 101 Å². The lowest BCUT2D eigenvalue weighted by molar-refractivity contribution is -0.0420. The fraction of sp³-hybridized carbons (Fsp3) is 0.404. The number of aryl methyl sites for hydroxylation is 1. The lowest BCUT2D eigenvalue weighted by atomic mass is 9.90. The van der Waals surface area contributed by atoms with Gasteiger partial charge in [-0.25, -0.2) is 21.4 Å². The Hall–Kier alpha value is -5.09. The zero-order valence-electron chi connectivity index (χ0n) is 38.9. The van der Waals surface area contributed by atoms with E-state index in [2.05, 4.69) is 80.5 Å². The Morgan fingerprint density at radius 3 is 1.92 bits per heavy atom. The molecule has 2 N–H and O–H groups in total. The normalized spacial score (nSPS) is 11.8. The van der Waals surface area contributed by atoms with Gasteiger partial charge in [0.05, 0.1) is 15.9 Å². The van der Waals surface area contributed by atoms with Crippen LogP contribution in [0.5, 0.6) is 11.5 Å². The molecular formula is C52H65N2O10S2-. The zero-order valence-corrected chi connectivity index (χ0v) is 40.5. The van der Waals surface area contributed by atoms with Gasteiger partial charge in [0, 0.05) is 53.0 Å². The molecular weight excluding hydrogens is 877 g/mol. The summed E-state index contributed by atoms with van der Waals surface area (Å²) in [6.45, 7) is 14.4. The van der Waals surface area contributed by atoms with Crippen molar-refractivity contribution in [2.24, 2.45) is 0 Å². The second-order valence-corrected chi connectivity index (χ2v) is 19.1. The molecule has 14 heteroatoms. The molecule has 1 heterocycles. The topological polar surface area (TPSA) is 183 Å². The lowest BCUT2D eigenvalue weighted by Gasteiger charge is -2.23. The van der Waals surface area contributed by atoms with Crippen LogP contribution in [0.3, 0.4) is 0 Å². The molecule has 1 aliphatic heterocycles. The Labute approximate surface area is 391 Å². The van der Waals surface area contributed by atoms with Crippen LogP contribution in [0.25, 0.3) is 33.4 Å². The Kier molecular flexibility index (Phi) is 19.3. The first-order chi connectivity index (χ1) is 31.6. The van der Waals surface area contributed by atoms with Crippen molar-refractivity contribution in [2.45, 2.75) is 121 Å². The van der Waals surface area contributed by atoms with E-state index in [1.54, 1.807) is 12.1 Å². The number of anilines is 1. The molecule has 0 aromatic heterocycles. The standard InChI is InChI=1S/C28H33N2O3.C24H34O7S2/c1-5-29(6-2)19-13-15-23-25(17-19)33-26-18-20(30(7-3)8-4)14-16-24(26)27(23)21-11-9-10-12-22(21)28(31)32;1-2-3-4-5-6-7-8-9-10-11-13-20-16-17-22(19-24(20)33(28,29)30)31-21-14-12-15-23(18-21)32(25,26)27/h9-18,28,31-32H,5-8H2,1-4H3;12,14-19H,2-11,13H2,1H3,(H,25,26,27)(H,28,29,30)/q+1;/p-2. The molecule has 0 radical (unpaired) electrons. The van der Waals surface area contributed by atoms with Crippen LogP contribution in [0.4, 0.5) is 5.69 Å². The molecule has 0 spiro atoms. The molecule has 0 unspecified atom stereocenters. The molecule has 0 fully saturated rings. The van der Waals surface area contributed by atoms with E-state index in [0.29, 0.717) is 17.5 Å². The predicted octanol–water partition coefficient (Wildman–Crippen LogP) is 10.6. The van der Waals surface area contributed by atoms with Crippen LogP contribution in [0, 0.1) is 0 Å². The van der Waals surface area contributed by atoms with Gasteiger partial charge in [0.1, 0.15) is 56.2 Å². The number of rotatable bonds is 22. The summed E-state index contributed by atoms with van der Waals surface area (Å²) < 4.78 is 83.2. The molecule has 2 aliphatic rings. The van der Waals surface area contributed by atoms with Gasteiger partial charge in [0.15, 0.2) is 6.29 Å². The van der Waals surface area contributed by atoms with E-state index in [0.717, 1.165) is 115 Å². The third kappa shape index (κ3) is 14.0. The van der Waals surface area contributed by atoms with E-state index in [4.69, 9.17) is 9.15 Å². The minimum absolute atomic E-state index is 0.0450. The van der Waals surface area contributed by atoms with Crippen molar-refractivity contribution in [3.63, 3.8) is 0 Å². The summed E-state index contributed by atoms with van der Waals surface area (Å²) in [4.78, 5) is 1.48. The first-order valence-electron chi connectivity index (χ1n) is 23.2. The average molecular weight is 942 g/mol. The van der Waals surface area contributed by atoms with Gasteiger partial charge in [0.25, 0.3) is 0 Å². The second kappa shape index (κ2) is 24.6. The number of aliphatic hydroxyl groups excluding tert-OH is 1. The molecule has 0 saturated carbocycles. The number of ether oxygens (including phenoxy) is 1. The van der Waals surface area contributed by atoms with E-state index in [1.165, 1.54) is 56.7 Å². The van der Waals surface area contributed by atoms with Gasteiger partial charge in [-0.05, 0) is 100 Å². The first-order valence-corrected chi connectivity index (χ1v) is 26.1. The van der Waals surface area contributed by atoms with Crippen molar-refractivity contribution in [1.29, 1.82) is 0 Å². The number of hydrogen-bond donors (Lipinski definition) is 2. The van der Waals surface area contributed by atoms with Crippen molar-refractivity contribution in [1.82, 2.24) is 4.58 Å². The van der Waals surface area contributed by atoms with Gasteiger partial charge in [-0.15, -0.1) is 0 Å². The highest BCUT2D eigenvalue weighted by molar-refractivity contribution is 7.86. The van der Waals surface area contributed by atoms with Gasteiger partial charge >= 0.3 is 0 Å². The summed E-state index contributed by atoms with van der Waals surface area (Å²) in [6, 6.07) is 29.2. The highest BCUT2D eigenvalue weighted by Crippen LogP contribution is 2.43. The van der Waals surface area contributed by atoms with Crippen LogP contribution in [0.2, 0.25) is 0 Å². The summed E-state index contributed by atoms with van der Waals surface area (Å²) in [7, 11) is -9.37. The van der Waals surface area contributed by atoms with E-state index < -0.39 is 31.4 Å². The monoisotopic (exact) mass is 941 g/mol. The van der Waals surface area contributed by atoms with Gasteiger partial charge in [-0.3, -0.25) is 0 Å². The first kappa shape index (κ1) is 51.9. The largest absolute Gasteiger partial charge is 0.744 e. The Morgan fingerprint density at radius 2 is 1.30 bits per heavy atom.